The van der Waals surface area contributed by atoms with Gasteiger partial charge in [0.2, 0.25) is 0 Å². The van der Waals surface area contributed by atoms with Crippen molar-refractivity contribution >= 4 is 5.97 Å². The number of hydrogen-bond donors (Lipinski definition) is 3. The van der Waals surface area contributed by atoms with E-state index >= 15 is 0 Å². The molecule has 1 aromatic rings. The fraction of sp³-hybridized carbons (Fsp3) is 0.881. The minimum atomic E-state index is -0.622. The third-order valence-electron chi connectivity index (χ3n) is 17.3. The number of aromatic nitrogens is 3. The Kier molecular flexibility index (Phi) is 8.90. The van der Waals surface area contributed by atoms with Gasteiger partial charge in [0.15, 0.2) is 0 Å². The van der Waals surface area contributed by atoms with E-state index in [-0.39, 0.29) is 50.6 Å². The van der Waals surface area contributed by atoms with Gasteiger partial charge in [0.25, 0.3) is 0 Å². The van der Waals surface area contributed by atoms with Crippen LogP contribution in [0.3, 0.4) is 0 Å². The highest BCUT2D eigenvalue weighted by molar-refractivity contribution is 5.73. The molecule has 0 amide bonds. The lowest BCUT2D eigenvalue weighted by Gasteiger charge is -2.71. The summed E-state index contributed by atoms with van der Waals surface area (Å²) in [6.45, 7) is 28.7. The summed E-state index contributed by atoms with van der Waals surface area (Å²) in [5.74, 6) is 1.71. The van der Waals surface area contributed by atoms with Crippen molar-refractivity contribution in [3.63, 3.8) is 0 Å². The van der Waals surface area contributed by atoms with E-state index in [2.05, 4.69) is 92.2 Å². The van der Waals surface area contributed by atoms with Crippen LogP contribution in [0.2, 0.25) is 0 Å². The van der Waals surface area contributed by atoms with Gasteiger partial charge in [-0.05, 0) is 96.2 Å². The van der Waals surface area contributed by atoms with Gasteiger partial charge in [0.1, 0.15) is 12.2 Å². The first-order valence-electron chi connectivity index (χ1n) is 20.2. The van der Waals surface area contributed by atoms with Gasteiger partial charge in [-0.1, -0.05) is 80.9 Å². The smallest absolute Gasteiger partial charge is 0.307 e. The van der Waals surface area contributed by atoms with Gasteiger partial charge >= 0.3 is 5.97 Å². The number of nitrogens with zero attached hydrogens (tertiary/aromatic N) is 3. The summed E-state index contributed by atoms with van der Waals surface area (Å²) < 4.78 is 16.5. The molecule has 0 unspecified atom stereocenters. The van der Waals surface area contributed by atoms with Crippen LogP contribution in [0.4, 0.5) is 0 Å². The highest BCUT2D eigenvalue weighted by Crippen LogP contribution is 2.75. The predicted octanol–water partition coefficient (Wildman–Crippen LogP) is 7.24. The highest BCUT2D eigenvalue weighted by atomic mass is 16.5. The normalized spacial score (nSPS) is 44.3. The largest absolute Gasteiger partial charge is 0.481 e. The second-order valence-electron chi connectivity index (χ2n) is 21.0. The number of carbonyl (C=O) groups is 1. The maximum Gasteiger partial charge on any atom is 0.307 e. The van der Waals surface area contributed by atoms with E-state index in [4.69, 9.17) is 25.3 Å². The molecule has 4 N–H and O–H groups in total. The third-order valence-corrected chi connectivity index (χ3v) is 17.3. The first kappa shape index (κ1) is 37.5. The summed E-state index contributed by atoms with van der Waals surface area (Å²) in [4.78, 5) is 18.5. The number of carboxylic acids is 1. The zero-order chi connectivity index (χ0) is 37.2. The second-order valence-corrected chi connectivity index (χ2v) is 21.0. The standard InChI is InChI=1S/C42H69N5O4/c1-25(2)26(3)38(8)16-17-39(9)28-12-13-31-37(7)18-30(47-34(45-24-46-47)27-19-44-20-27)33(51-22-41(11,43)36(4,5)6)42(31,23-50-21-37)29(28)14-15-40(39,10)32(38)35(48)49/h14,24-28,30-33,44H,12-13,15-23,43H2,1-11H3,(H,48,49)/t26-,28+,30-,31-,32-,33+,37-,38-,39-,40+,41+,42+/m1/s1. The topological polar surface area (TPSA) is 125 Å². The molecule has 3 saturated carbocycles. The number of allylic oxidation sites excluding steroid dienone is 1. The summed E-state index contributed by atoms with van der Waals surface area (Å²) in [6.07, 6.45) is 9.87. The summed E-state index contributed by atoms with van der Waals surface area (Å²) in [5.41, 5.74) is 6.60. The lowest BCUT2D eigenvalue weighted by Crippen LogP contribution is -2.70. The van der Waals surface area contributed by atoms with Crippen molar-refractivity contribution in [2.24, 2.45) is 67.8 Å². The van der Waals surface area contributed by atoms with Gasteiger partial charge in [0, 0.05) is 30.0 Å². The van der Waals surface area contributed by atoms with Crippen LogP contribution in [-0.2, 0) is 14.3 Å². The van der Waals surface area contributed by atoms with Gasteiger partial charge in [-0.2, -0.15) is 5.10 Å². The van der Waals surface area contributed by atoms with Crippen molar-refractivity contribution in [3.05, 3.63) is 23.8 Å². The molecule has 7 rings (SSSR count). The Bertz CT molecular complexity index is 1540. The number of nitrogens with two attached hydrogens (primary N) is 1. The molecule has 2 bridgehead atoms. The lowest BCUT2D eigenvalue weighted by molar-refractivity contribution is -0.255. The van der Waals surface area contributed by atoms with Crippen molar-refractivity contribution in [1.29, 1.82) is 0 Å². The van der Waals surface area contributed by atoms with Crippen LogP contribution >= 0.6 is 0 Å². The Morgan fingerprint density at radius 2 is 1.80 bits per heavy atom. The van der Waals surface area contributed by atoms with Crippen LogP contribution in [0.15, 0.2) is 18.0 Å². The number of nitrogens with one attached hydrogen (secondary N) is 1. The van der Waals surface area contributed by atoms with Crippen LogP contribution in [0.5, 0.6) is 0 Å². The van der Waals surface area contributed by atoms with Crippen LogP contribution in [-0.4, -0.2) is 70.4 Å². The van der Waals surface area contributed by atoms with Crippen LogP contribution in [0.1, 0.15) is 132 Å². The maximum atomic E-state index is 13.6. The lowest BCUT2D eigenvalue weighted by atomic mass is 9.34. The van der Waals surface area contributed by atoms with Crippen LogP contribution < -0.4 is 11.1 Å². The molecule has 0 aromatic carbocycles. The molecular weight excluding hydrogens is 638 g/mol. The van der Waals surface area contributed by atoms with Crippen molar-refractivity contribution in [2.75, 3.05) is 32.9 Å². The molecule has 2 saturated heterocycles. The van der Waals surface area contributed by atoms with Crippen molar-refractivity contribution in [1.82, 2.24) is 20.1 Å². The second kappa shape index (κ2) is 12.1. The minimum absolute atomic E-state index is 0.0157. The molecule has 1 aromatic heterocycles. The van der Waals surface area contributed by atoms with E-state index in [1.165, 1.54) is 5.57 Å². The van der Waals surface area contributed by atoms with E-state index in [1.807, 2.05) is 0 Å². The molecule has 9 nitrogen and oxygen atoms in total. The van der Waals surface area contributed by atoms with Crippen molar-refractivity contribution in [2.45, 2.75) is 138 Å². The number of hydrogen-bond acceptors (Lipinski definition) is 7. The fourth-order valence-corrected chi connectivity index (χ4v) is 12.8. The zero-order valence-corrected chi connectivity index (χ0v) is 33.6. The maximum absolute atomic E-state index is 13.6. The van der Waals surface area contributed by atoms with E-state index in [9.17, 15) is 9.90 Å². The highest BCUT2D eigenvalue weighted by Gasteiger charge is 2.73. The van der Waals surface area contributed by atoms with Crippen LogP contribution in [0.25, 0.3) is 0 Å². The average molecular weight is 708 g/mol. The fourth-order valence-electron chi connectivity index (χ4n) is 12.8. The summed E-state index contributed by atoms with van der Waals surface area (Å²) >= 11 is 0. The van der Waals surface area contributed by atoms with Crippen LogP contribution in [0, 0.1) is 62.1 Å². The molecular formula is C42H69N5O4. The molecule has 2 aliphatic heterocycles. The first-order chi connectivity index (χ1) is 23.7. The zero-order valence-electron chi connectivity index (χ0n) is 33.6. The SMILES string of the molecule is CC(C)[C@@H](C)[C@@]1(C)CC[C@]2(C)[C@H]3CC[C@@H]4[C@@]5(C)COC[C@@]4(C3=CC[C@@]2(C)[C@@H]1C(=O)O)[C@@H](OC[C@](C)(N)C(C)(C)C)[C@H](n1ncnc1C1CNC1)C5. The first-order valence-corrected chi connectivity index (χ1v) is 20.2. The van der Waals surface area contributed by atoms with E-state index < -0.39 is 17.4 Å². The molecule has 9 heteroatoms. The molecule has 12 atom stereocenters. The molecule has 3 heterocycles. The summed E-state index contributed by atoms with van der Waals surface area (Å²) in [6, 6.07) is -0.0157. The minimum Gasteiger partial charge on any atom is -0.481 e. The average Bonchev–Trinajstić information content (AvgIpc) is 3.47. The van der Waals surface area contributed by atoms with E-state index in [0.717, 1.165) is 64.0 Å². The number of ether oxygens (including phenoxy) is 2. The van der Waals surface area contributed by atoms with E-state index in [0.29, 0.717) is 36.9 Å². The summed E-state index contributed by atoms with van der Waals surface area (Å²) in [7, 11) is 0. The number of fused-ring (bicyclic) bond motifs is 3. The molecule has 51 heavy (non-hydrogen) atoms. The monoisotopic (exact) mass is 708 g/mol. The van der Waals surface area contributed by atoms with Gasteiger partial charge in [0.05, 0.1) is 37.9 Å². The number of rotatable bonds is 8. The Labute approximate surface area is 307 Å². The van der Waals surface area contributed by atoms with Crippen molar-refractivity contribution in [3.8, 4) is 0 Å². The number of carboxylic acid groups (broad SMARTS) is 1. The predicted molar refractivity (Wildman–Crippen MR) is 200 cm³/mol. The van der Waals surface area contributed by atoms with Gasteiger partial charge in [-0.25, -0.2) is 9.67 Å². The Morgan fingerprint density at radius 3 is 2.41 bits per heavy atom. The molecule has 4 aliphatic carbocycles. The van der Waals surface area contributed by atoms with Gasteiger partial charge in [-0.3, -0.25) is 4.79 Å². The Balaban J connectivity index is 1.39. The Morgan fingerprint density at radius 1 is 1.10 bits per heavy atom. The molecule has 286 valence electrons. The third kappa shape index (κ3) is 5.16. The quantitative estimate of drug-likeness (QED) is 0.242. The van der Waals surface area contributed by atoms with Gasteiger partial charge in [-0.15, -0.1) is 0 Å². The molecule has 6 aliphatic rings. The molecule has 5 fully saturated rings. The van der Waals surface area contributed by atoms with Crippen molar-refractivity contribution < 1.29 is 19.4 Å². The Hall–Kier alpha value is -1.81. The molecule has 0 spiro atoms. The van der Waals surface area contributed by atoms with E-state index in [1.54, 1.807) is 6.33 Å². The molecule has 0 radical (unpaired) electrons. The van der Waals surface area contributed by atoms with Gasteiger partial charge < -0.3 is 25.6 Å². The number of aliphatic carboxylic acids is 1. The summed E-state index contributed by atoms with van der Waals surface area (Å²) in [5, 5.41) is 19.6.